The lowest BCUT2D eigenvalue weighted by Crippen LogP contribution is -2.06. The Morgan fingerprint density at radius 3 is 2.56 bits per heavy atom. The molecule has 0 radical (unpaired) electrons. The van der Waals surface area contributed by atoms with Gasteiger partial charge in [0, 0.05) is 12.8 Å². The van der Waals surface area contributed by atoms with Crippen molar-refractivity contribution in [3.05, 3.63) is 11.3 Å². The normalized spacial score (nSPS) is 18.4. The molecule has 0 spiro atoms. The first kappa shape index (κ1) is 6.31. The fraction of sp³-hybridized carbons (Fsp3) is 0.571. The second-order valence-electron chi connectivity index (χ2n) is 1.94. The Labute approximate surface area is 53.8 Å². The molecule has 0 aromatic rings. The lowest BCUT2D eigenvalue weighted by Gasteiger charge is -2.10. The fourth-order valence-electron chi connectivity index (χ4n) is 0.815. The largest absolute Gasteiger partial charge is 0.381 e. The van der Waals surface area contributed by atoms with Gasteiger partial charge in [-0.2, -0.15) is 0 Å². The van der Waals surface area contributed by atoms with E-state index in [-0.39, 0.29) is 0 Å². The molecule has 2 nitrogen and oxygen atoms in total. The van der Waals surface area contributed by atoms with Crippen LogP contribution in [0.5, 0.6) is 0 Å². The molecule has 0 aromatic heterocycles. The SMILES string of the molecule is O=C=C=C1CCOCC1. The van der Waals surface area contributed by atoms with E-state index in [4.69, 9.17) is 4.74 Å². The summed E-state index contributed by atoms with van der Waals surface area (Å²) in [6.07, 6.45) is 1.68. The van der Waals surface area contributed by atoms with Crippen LogP contribution in [0.2, 0.25) is 0 Å². The predicted molar refractivity (Wildman–Crippen MR) is 32.8 cm³/mol. The van der Waals surface area contributed by atoms with Gasteiger partial charge in [0.2, 0.25) is 0 Å². The van der Waals surface area contributed by atoms with Crippen LogP contribution in [0.1, 0.15) is 12.8 Å². The summed E-state index contributed by atoms with van der Waals surface area (Å²) in [6, 6.07) is 0. The molecule has 1 fully saturated rings. The van der Waals surface area contributed by atoms with Crippen molar-refractivity contribution in [1.82, 2.24) is 0 Å². The topological polar surface area (TPSA) is 26.3 Å². The van der Waals surface area contributed by atoms with Crippen LogP contribution in [-0.2, 0) is 9.53 Å². The van der Waals surface area contributed by atoms with Gasteiger partial charge in [-0.1, -0.05) is 0 Å². The van der Waals surface area contributed by atoms with E-state index < -0.39 is 0 Å². The molecule has 0 amide bonds. The van der Waals surface area contributed by atoms with Crippen molar-refractivity contribution in [2.75, 3.05) is 13.2 Å². The average molecular weight is 124 g/mol. The van der Waals surface area contributed by atoms with E-state index in [0.717, 1.165) is 31.6 Å². The first-order valence-corrected chi connectivity index (χ1v) is 2.99. The van der Waals surface area contributed by atoms with E-state index in [0.29, 0.717) is 0 Å². The van der Waals surface area contributed by atoms with Gasteiger partial charge in [-0.3, -0.25) is 0 Å². The predicted octanol–water partition coefficient (Wildman–Crippen LogP) is 0.710. The number of hydrogen-bond acceptors (Lipinski definition) is 2. The Morgan fingerprint density at radius 2 is 2.00 bits per heavy atom. The second kappa shape index (κ2) is 3.26. The van der Waals surface area contributed by atoms with E-state index in [1.807, 2.05) is 0 Å². The number of ether oxygens (including phenoxy) is 1. The van der Waals surface area contributed by atoms with Crippen LogP contribution < -0.4 is 0 Å². The maximum atomic E-state index is 9.78. The van der Waals surface area contributed by atoms with E-state index in [2.05, 4.69) is 5.73 Å². The molecule has 1 saturated heterocycles. The molecule has 0 aliphatic carbocycles. The summed E-state index contributed by atoms with van der Waals surface area (Å²) in [6.45, 7) is 1.45. The van der Waals surface area contributed by atoms with Crippen molar-refractivity contribution in [2.45, 2.75) is 12.8 Å². The third kappa shape index (κ3) is 1.87. The highest BCUT2D eigenvalue weighted by Gasteiger charge is 2.03. The van der Waals surface area contributed by atoms with E-state index in [1.54, 1.807) is 5.94 Å². The van der Waals surface area contributed by atoms with Gasteiger partial charge in [0.1, 0.15) is 0 Å². The smallest absolute Gasteiger partial charge is 0.177 e. The molecule has 0 N–H and O–H groups in total. The van der Waals surface area contributed by atoms with Gasteiger partial charge < -0.3 is 4.74 Å². The summed E-state index contributed by atoms with van der Waals surface area (Å²) in [7, 11) is 0. The molecule has 2 heteroatoms. The molecule has 0 saturated carbocycles. The van der Waals surface area contributed by atoms with Gasteiger partial charge in [-0.05, 0) is 11.3 Å². The van der Waals surface area contributed by atoms with Crippen LogP contribution in [0, 0.1) is 0 Å². The molecule has 1 heterocycles. The molecular weight excluding hydrogens is 116 g/mol. The average Bonchev–Trinajstić information content (AvgIpc) is 1.91. The van der Waals surface area contributed by atoms with E-state index in [9.17, 15) is 4.79 Å². The van der Waals surface area contributed by atoms with Crippen molar-refractivity contribution in [3.63, 3.8) is 0 Å². The Balaban J connectivity index is 2.60. The van der Waals surface area contributed by atoms with Crippen LogP contribution >= 0.6 is 0 Å². The Bertz CT molecular complexity index is 163. The zero-order chi connectivity index (χ0) is 6.53. The minimum atomic E-state index is 0.726. The van der Waals surface area contributed by atoms with Crippen LogP contribution in [0.25, 0.3) is 0 Å². The lowest BCUT2D eigenvalue weighted by atomic mass is 10.1. The lowest BCUT2D eigenvalue weighted by molar-refractivity contribution is 0.119. The standard InChI is InChI=1S/C7H8O2/c8-4-1-7-2-5-9-6-3-7/h2-3,5-6H2. The maximum absolute atomic E-state index is 9.78. The van der Waals surface area contributed by atoms with Gasteiger partial charge in [-0.25, -0.2) is 4.79 Å². The summed E-state index contributed by atoms with van der Waals surface area (Å²) < 4.78 is 5.06. The minimum absolute atomic E-state index is 0.726. The van der Waals surface area contributed by atoms with E-state index >= 15 is 0 Å². The fourth-order valence-corrected chi connectivity index (χ4v) is 0.815. The Morgan fingerprint density at radius 1 is 1.33 bits per heavy atom. The van der Waals surface area contributed by atoms with Crippen LogP contribution in [0.15, 0.2) is 11.3 Å². The third-order valence-electron chi connectivity index (χ3n) is 1.32. The summed E-state index contributed by atoms with van der Waals surface area (Å²) in [5.41, 5.74) is 3.55. The second-order valence-corrected chi connectivity index (χ2v) is 1.94. The van der Waals surface area contributed by atoms with Crippen molar-refractivity contribution in [1.29, 1.82) is 0 Å². The molecule has 48 valence electrons. The summed E-state index contributed by atoms with van der Waals surface area (Å²) in [4.78, 5) is 9.78. The summed E-state index contributed by atoms with van der Waals surface area (Å²) in [5, 5.41) is 0. The highest BCUT2D eigenvalue weighted by molar-refractivity contribution is 5.45. The first-order valence-electron chi connectivity index (χ1n) is 2.99. The molecule has 1 rings (SSSR count). The third-order valence-corrected chi connectivity index (χ3v) is 1.32. The Hall–Kier alpha value is -0.810. The maximum Gasteiger partial charge on any atom is 0.177 e. The first-order chi connectivity index (χ1) is 4.43. The summed E-state index contributed by atoms with van der Waals surface area (Å²) >= 11 is 0. The van der Waals surface area contributed by atoms with Gasteiger partial charge in [-0.15, -0.1) is 0 Å². The molecule has 9 heavy (non-hydrogen) atoms. The van der Waals surface area contributed by atoms with E-state index in [1.165, 1.54) is 0 Å². The monoisotopic (exact) mass is 124 g/mol. The quantitative estimate of drug-likeness (QED) is 0.351. The van der Waals surface area contributed by atoms with Gasteiger partial charge >= 0.3 is 0 Å². The minimum Gasteiger partial charge on any atom is -0.381 e. The zero-order valence-corrected chi connectivity index (χ0v) is 5.14. The van der Waals surface area contributed by atoms with Gasteiger partial charge in [0.25, 0.3) is 0 Å². The number of rotatable bonds is 0. The van der Waals surface area contributed by atoms with Crippen molar-refractivity contribution < 1.29 is 9.53 Å². The molecule has 0 aromatic carbocycles. The van der Waals surface area contributed by atoms with Crippen LogP contribution in [0.3, 0.4) is 0 Å². The van der Waals surface area contributed by atoms with Crippen molar-refractivity contribution in [3.8, 4) is 0 Å². The van der Waals surface area contributed by atoms with Crippen molar-refractivity contribution >= 4 is 5.94 Å². The van der Waals surface area contributed by atoms with Gasteiger partial charge in [0.05, 0.1) is 13.2 Å². The number of hydrogen-bond donors (Lipinski definition) is 0. The van der Waals surface area contributed by atoms with Gasteiger partial charge in [0.15, 0.2) is 5.94 Å². The molecule has 0 atom stereocenters. The molecule has 1 aliphatic rings. The van der Waals surface area contributed by atoms with Crippen LogP contribution in [0.4, 0.5) is 0 Å². The highest BCUT2D eigenvalue weighted by atomic mass is 16.5. The Kier molecular flexibility index (Phi) is 2.29. The molecular formula is C7H8O2. The zero-order valence-electron chi connectivity index (χ0n) is 5.14. The van der Waals surface area contributed by atoms with Crippen molar-refractivity contribution in [2.24, 2.45) is 0 Å². The number of carbonyl (C=O) groups excluding carboxylic acids is 1. The van der Waals surface area contributed by atoms with Crippen LogP contribution in [-0.4, -0.2) is 19.2 Å². The molecule has 0 bridgehead atoms. The molecule has 0 unspecified atom stereocenters. The summed E-state index contributed by atoms with van der Waals surface area (Å²) in [5.74, 6) is 1.64. The molecule has 1 aliphatic heterocycles. The highest BCUT2D eigenvalue weighted by Crippen LogP contribution is 2.10.